The predicted octanol–water partition coefficient (Wildman–Crippen LogP) is 3.38. The lowest BCUT2D eigenvalue weighted by Gasteiger charge is -2.02. The highest BCUT2D eigenvalue weighted by molar-refractivity contribution is 5.98. The third-order valence-electron chi connectivity index (χ3n) is 1.95. The van der Waals surface area contributed by atoms with Gasteiger partial charge < -0.3 is 5.41 Å². The maximum Gasteiger partial charge on any atom is 0.123 e. The summed E-state index contributed by atoms with van der Waals surface area (Å²) in [6.45, 7) is 2.08. The zero-order valence-electron chi connectivity index (χ0n) is 7.81. The van der Waals surface area contributed by atoms with Crippen LogP contribution in [0.1, 0.15) is 31.7 Å². The fourth-order valence-electron chi connectivity index (χ4n) is 1.17. The molecule has 0 aliphatic rings. The fraction of sp³-hybridized carbons (Fsp3) is 0.364. The van der Waals surface area contributed by atoms with Crippen molar-refractivity contribution in [1.29, 1.82) is 5.41 Å². The summed E-state index contributed by atoms with van der Waals surface area (Å²) in [6, 6.07) is 6.24. The Morgan fingerprint density at radius 2 is 2.23 bits per heavy atom. The van der Waals surface area contributed by atoms with Crippen LogP contribution in [0.2, 0.25) is 0 Å². The molecule has 2 heteroatoms. The lowest BCUT2D eigenvalue weighted by atomic mass is 10.1. The van der Waals surface area contributed by atoms with Crippen LogP contribution in [0.5, 0.6) is 0 Å². The summed E-state index contributed by atoms with van der Waals surface area (Å²) in [5.41, 5.74) is 1.23. The number of nitrogens with one attached hydrogen (secondary N) is 1. The van der Waals surface area contributed by atoms with E-state index in [0.717, 1.165) is 19.3 Å². The minimum Gasteiger partial charge on any atom is -0.305 e. The summed E-state index contributed by atoms with van der Waals surface area (Å²) in [5, 5.41) is 7.66. The van der Waals surface area contributed by atoms with E-state index in [2.05, 4.69) is 6.92 Å². The molecule has 1 N–H and O–H groups in total. The van der Waals surface area contributed by atoms with Gasteiger partial charge in [-0.3, -0.25) is 0 Å². The second kappa shape index (κ2) is 4.75. The van der Waals surface area contributed by atoms with E-state index in [4.69, 9.17) is 5.41 Å². The zero-order valence-corrected chi connectivity index (χ0v) is 7.81. The molecule has 0 atom stereocenters. The van der Waals surface area contributed by atoms with Gasteiger partial charge in [-0.25, -0.2) is 4.39 Å². The van der Waals surface area contributed by atoms with E-state index in [1.54, 1.807) is 12.1 Å². The Balaban J connectivity index is 2.66. The summed E-state index contributed by atoms with van der Waals surface area (Å²) in [5.74, 6) is -0.265. The maximum absolute atomic E-state index is 12.8. The largest absolute Gasteiger partial charge is 0.305 e. The first kappa shape index (κ1) is 9.90. The molecule has 1 aromatic rings. The molecule has 0 spiro atoms. The van der Waals surface area contributed by atoms with Crippen LogP contribution in [0.3, 0.4) is 0 Å². The molecule has 1 nitrogen and oxygen atoms in total. The van der Waals surface area contributed by atoms with E-state index < -0.39 is 0 Å². The number of hydrogen-bond donors (Lipinski definition) is 1. The number of unbranched alkanes of at least 4 members (excludes halogenated alkanes) is 1. The van der Waals surface area contributed by atoms with Crippen LogP contribution in [0, 0.1) is 11.2 Å². The molecule has 1 aromatic carbocycles. The van der Waals surface area contributed by atoms with Crippen molar-refractivity contribution < 1.29 is 4.39 Å². The minimum atomic E-state index is -0.265. The molecule has 0 fully saturated rings. The van der Waals surface area contributed by atoms with Crippen LogP contribution in [-0.2, 0) is 0 Å². The van der Waals surface area contributed by atoms with Crippen molar-refractivity contribution in [2.75, 3.05) is 0 Å². The molecule has 0 amide bonds. The monoisotopic (exact) mass is 179 g/mol. The van der Waals surface area contributed by atoms with Crippen LogP contribution in [-0.4, -0.2) is 5.71 Å². The van der Waals surface area contributed by atoms with Crippen LogP contribution in [0.4, 0.5) is 4.39 Å². The third-order valence-corrected chi connectivity index (χ3v) is 1.95. The Bertz CT molecular complexity index is 294. The van der Waals surface area contributed by atoms with Crippen molar-refractivity contribution in [2.24, 2.45) is 0 Å². The average Bonchev–Trinajstić information content (AvgIpc) is 2.14. The summed E-state index contributed by atoms with van der Waals surface area (Å²) >= 11 is 0. The van der Waals surface area contributed by atoms with Crippen molar-refractivity contribution in [1.82, 2.24) is 0 Å². The van der Waals surface area contributed by atoms with Crippen LogP contribution >= 0.6 is 0 Å². The highest BCUT2D eigenvalue weighted by Crippen LogP contribution is 2.08. The molecular weight excluding hydrogens is 165 g/mol. The van der Waals surface area contributed by atoms with Gasteiger partial charge in [0.05, 0.1) is 0 Å². The fourth-order valence-corrected chi connectivity index (χ4v) is 1.17. The predicted molar refractivity (Wildman–Crippen MR) is 52.8 cm³/mol. The first-order valence-electron chi connectivity index (χ1n) is 4.57. The van der Waals surface area contributed by atoms with Crippen LogP contribution in [0.25, 0.3) is 0 Å². The molecule has 13 heavy (non-hydrogen) atoms. The zero-order chi connectivity index (χ0) is 9.68. The highest BCUT2D eigenvalue weighted by atomic mass is 19.1. The normalized spacial score (nSPS) is 10.0. The molecule has 0 unspecified atom stereocenters. The van der Waals surface area contributed by atoms with Gasteiger partial charge >= 0.3 is 0 Å². The van der Waals surface area contributed by atoms with Gasteiger partial charge in [0, 0.05) is 5.71 Å². The van der Waals surface area contributed by atoms with Crippen molar-refractivity contribution in [3.63, 3.8) is 0 Å². The standard InChI is InChI=1S/C11H14FN/c1-2-3-7-11(13)9-5-4-6-10(12)8-9/h4-6,8,13H,2-3,7H2,1H3. The third kappa shape index (κ3) is 2.98. The minimum absolute atomic E-state index is 0.265. The SMILES string of the molecule is CCCCC(=N)c1cccc(F)c1. The van der Waals surface area contributed by atoms with Gasteiger partial charge in [0.25, 0.3) is 0 Å². The number of rotatable bonds is 4. The van der Waals surface area contributed by atoms with Crippen molar-refractivity contribution >= 4 is 5.71 Å². The Labute approximate surface area is 78.1 Å². The molecular formula is C11H14FN. The van der Waals surface area contributed by atoms with E-state index in [0.29, 0.717) is 11.3 Å². The summed E-state index contributed by atoms with van der Waals surface area (Å²) < 4.78 is 12.8. The quantitative estimate of drug-likeness (QED) is 0.685. The van der Waals surface area contributed by atoms with E-state index in [9.17, 15) is 4.39 Å². The van der Waals surface area contributed by atoms with Gasteiger partial charge in [-0.1, -0.05) is 25.5 Å². The van der Waals surface area contributed by atoms with E-state index >= 15 is 0 Å². The Morgan fingerprint density at radius 1 is 1.46 bits per heavy atom. The number of halogens is 1. The van der Waals surface area contributed by atoms with E-state index in [-0.39, 0.29) is 5.82 Å². The molecule has 0 aliphatic heterocycles. The average molecular weight is 179 g/mol. The van der Waals surface area contributed by atoms with Gasteiger partial charge in [0.15, 0.2) is 0 Å². The topological polar surface area (TPSA) is 23.9 Å². The Morgan fingerprint density at radius 3 is 2.85 bits per heavy atom. The smallest absolute Gasteiger partial charge is 0.123 e. The molecule has 1 rings (SSSR count). The summed E-state index contributed by atoms with van der Waals surface area (Å²) in [6.07, 6.45) is 2.80. The Hall–Kier alpha value is -1.18. The summed E-state index contributed by atoms with van der Waals surface area (Å²) in [4.78, 5) is 0. The van der Waals surface area contributed by atoms with E-state index in [1.807, 2.05) is 0 Å². The van der Waals surface area contributed by atoms with Crippen LogP contribution < -0.4 is 0 Å². The van der Waals surface area contributed by atoms with Gasteiger partial charge in [0.2, 0.25) is 0 Å². The molecule has 0 aliphatic carbocycles. The highest BCUT2D eigenvalue weighted by Gasteiger charge is 2.01. The Kier molecular flexibility index (Phi) is 3.62. The number of benzene rings is 1. The van der Waals surface area contributed by atoms with Crippen molar-refractivity contribution in [3.8, 4) is 0 Å². The van der Waals surface area contributed by atoms with Gasteiger partial charge in [-0.2, -0.15) is 0 Å². The van der Waals surface area contributed by atoms with Gasteiger partial charge in [0.1, 0.15) is 5.82 Å². The molecule has 70 valence electrons. The summed E-state index contributed by atoms with van der Waals surface area (Å²) in [7, 11) is 0. The second-order valence-electron chi connectivity index (χ2n) is 3.09. The van der Waals surface area contributed by atoms with Crippen LogP contribution in [0.15, 0.2) is 24.3 Å². The molecule has 0 bridgehead atoms. The van der Waals surface area contributed by atoms with E-state index in [1.165, 1.54) is 12.1 Å². The van der Waals surface area contributed by atoms with Crippen molar-refractivity contribution in [3.05, 3.63) is 35.6 Å². The van der Waals surface area contributed by atoms with Gasteiger partial charge in [-0.15, -0.1) is 0 Å². The number of hydrogen-bond acceptors (Lipinski definition) is 1. The molecule has 0 radical (unpaired) electrons. The first-order valence-corrected chi connectivity index (χ1v) is 4.57. The second-order valence-corrected chi connectivity index (χ2v) is 3.09. The lowest BCUT2D eigenvalue weighted by Crippen LogP contribution is -1.98. The van der Waals surface area contributed by atoms with Gasteiger partial charge in [-0.05, 0) is 30.5 Å². The molecule has 0 heterocycles. The maximum atomic E-state index is 12.8. The molecule has 0 saturated heterocycles. The molecule has 0 aromatic heterocycles. The molecule has 0 saturated carbocycles. The first-order chi connectivity index (χ1) is 6.24. The lowest BCUT2D eigenvalue weighted by molar-refractivity contribution is 0.627. The van der Waals surface area contributed by atoms with Crippen molar-refractivity contribution in [2.45, 2.75) is 26.2 Å².